The summed E-state index contributed by atoms with van der Waals surface area (Å²) in [6.45, 7) is 0.329. The molecule has 0 aliphatic rings. The summed E-state index contributed by atoms with van der Waals surface area (Å²) in [5, 5.41) is 11.2. The number of hydrogen-bond acceptors (Lipinski definition) is 6. The normalized spacial score (nSPS) is 11.2. The van der Waals surface area contributed by atoms with Crippen molar-refractivity contribution in [2.24, 2.45) is 5.14 Å². The van der Waals surface area contributed by atoms with Crippen molar-refractivity contribution < 1.29 is 12.8 Å². The van der Waals surface area contributed by atoms with Gasteiger partial charge in [0.25, 0.3) is 0 Å². The largest absolute Gasteiger partial charge is 0.366 e. The molecule has 7 nitrogen and oxygen atoms in total. The first-order valence-electron chi connectivity index (χ1n) is 7.71. The van der Waals surface area contributed by atoms with E-state index in [0.717, 1.165) is 5.56 Å². The Morgan fingerprint density at radius 3 is 2.59 bits per heavy atom. The quantitative estimate of drug-likeness (QED) is 0.578. The fourth-order valence-corrected chi connectivity index (χ4v) is 2.97. The van der Waals surface area contributed by atoms with E-state index in [1.807, 2.05) is 0 Å². The summed E-state index contributed by atoms with van der Waals surface area (Å²) in [6, 6.07) is 12.2. The number of nitrogens with two attached hydrogens (primary N) is 1. The zero-order valence-electron chi connectivity index (χ0n) is 13.9. The van der Waals surface area contributed by atoms with Gasteiger partial charge in [-0.15, -0.1) is 0 Å². The highest BCUT2D eigenvalue weighted by molar-refractivity contribution is 7.89. The number of anilines is 3. The topological polar surface area (TPSA) is 110 Å². The third kappa shape index (κ3) is 5.13. The lowest BCUT2D eigenvalue weighted by molar-refractivity contribution is 0.597. The SMILES string of the molecule is NS(=O)(=O)c1cccc(CNc2cc(Nc3ccc(Cl)c(F)c3)ncn2)c1. The van der Waals surface area contributed by atoms with Crippen molar-refractivity contribution in [2.45, 2.75) is 11.4 Å². The van der Waals surface area contributed by atoms with Gasteiger partial charge in [-0.1, -0.05) is 23.7 Å². The van der Waals surface area contributed by atoms with Gasteiger partial charge in [0.1, 0.15) is 23.8 Å². The zero-order chi connectivity index (χ0) is 19.4. The molecular formula is C17H15ClFN5O2S. The first-order valence-corrected chi connectivity index (χ1v) is 9.63. The van der Waals surface area contributed by atoms with Crippen LogP contribution < -0.4 is 15.8 Å². The lowest BCUT2D eigenvalue weighted by Crippen LogP contribution is -2.12. The van der Waals surface area contributed by atoms with Crippen LogP contribution in [0.5, 0.6) is 0 Å². The molecule has 2 aromatic carbocycles. The van der Waals surface area contributed by atoms with E-state index in [1.54, 1.807) is 24.3 Å². The van der Waals surface area contributed by atoms with E-state index < -0.39 is 15.8 Å². The van der Waals surface area contributed by atoms with Crippen molar-refractivity contribution in [2.75, 3.05) is 10.6 Å². The van der Waals surface area contributed by atoms with Crippen LogP contribution in [-0.2, 0) is 16.6 Å². The van der Waals surface area contributed by atoms with Gasteiger partial charge in [-0.2, -0.15) is 0 Å². The van der Waals surface area contributed by atoms with Crippen molar-refractivity contribution in [3.63, 3.8) is 0 Å². The summed E-state index contributed by atoms with van der Waals surface area (Å²) in [5.41, 5.74) is 1.21. The molecule has 4 N–H and O–H groups in total. The lowest BCUT2D eigenvalue weighted by Gasteiger charge is -2.10. The average molecular weight is 408 g/mol. The Morgan fingerprint density at radius 1 is 1.07 bits per heavy atom. The second-order valence-corrected chi connectivity index (χ2v) is 7.56. The van der Waals surface area contributed by atoms with E-state index >= 15 is 0 Å². The number of nitrogens with one attached hydrogen (secondary N) is 2. The maximum atomic E-state index is 13.5. The molecule has 3 rings (SSSR count). The highest BCUT2D eigenvalue weighted by Crippen LogP contribution is 2.22. The van der Waals surface area contributed by atoms with Crippen molar-refractivity contribution in [3.8, 4) is 0 Å². The van der Waals surface area contributed by atoms with Gasteiger partial charge in [0.05, 0.1) is 9.92 Å². The zero-order valence-corrected chi connectivity index (χ0v) is 15.4. The van der Waals surface area contributed by atoms with E-state index in [9.17, 15) is 12.8 Å². The Kier molecular flexibility index (Phi) is 5.54. The van der Waals surface area contributed by atoms with Gasteiger partial charge in [-0.05, 0) is 35.9 Å². The number of rotatable bonds is 6. The third-order valence-electron chi connectivity index (χ3n) is 3.56. The van der Waals surface area contributed by atoms with Gasteiger partial charge < -0.3 is 10.6 Å². The molecule has 0 saturated carbocycles. The minimum absolute atomic E-state index is 0.0346. The molecule has 0 aliphatic carbocycles. The van der Waals surface area contributed by atoms with Crippen LogP contribution in [0.2, 0.25) is 5.02 Å². The number of benzene rings is 2. The molecule has 3 aromatic rings. The number of primary sulfonamides is 1. The summed E-state index contributed by atoms with van der Waals surface area (Å²) in [7, 11) is -3.76. The Balaban J connectivity index is 1.70. The Hall–Kier alpha value is -2.75. The van der Waals surface area contributed by atoms with Crippen molar-refractivity contribution in [1.82, 2.24) is 9.97 Å². The van der Waals surface area contributed by atoms with Crippen molar-refractivity contribution in [1.29, 1.82) is 0 Å². The van der Waals surface area contributed by atoms with Crippen molar-refractivity contribution in [3.05, 3.63) is 71.3 Å². The molecule has 140 valence electrons. The molecule has 10 heteroatoms. The molecule has 0 bridgehead atoms. The number of hydrogen-bond donors (Lipinski definition) is 3. The number of aromatic nitrogens is 2. The van der Waals surface area contributed by atoms with E-state index in [-0.39, 0.29) is 9.92 Å². The maximum absolute atomic E-state index is 13.5. The molecule has 1 aromatic heterocycles. The second kappa shape index (κ2) is 7.87. The monoisotopic (exact) mass is 407 g/mol. The molecule has 0 amide bonds. The average Bonchev–Trinajstić information content (AvgIpc) is 2.63. The van der Waals surface area contributed by atoms with Gasteiger partial charge >= 0.3 is 0 Å². The Labute approximate surface area is 160 Å². The summed E-state index contributed by atoms with van der Waals surface area (Å²) < 4.78 is 36.3. The first-order chi connectivity index (χ1) is 12.8. The Morgan fingerprint density at radius 2 is 1.85 bits per heavy atom. The molecule has 0 unspecified atom stereocenters. The second-order valence-electron chi connectivity index (χ2n) is 5.59. The number of sulfonamides is 1. The molecule has 27 heavy (non-hydrogen) atoms. The van der Waals surface area contributed by atoms with Gasteiger partial charge in [0.2, 0.25) is 10.0 Å². The van der Waals surface area contributed by atoms with Gasteiger partial charge in [0, 0.05) is 18.3 Å². The minimum Gasteiger partial charge on any atom is -0.366 e. The van der Waals surface area contributed by atoms with E-state index in [4.69, 9.17) is 16.7 Å². The lowest BCUT2D eigenvalue weighted by atomic mass is 10.2. The highest BCUT2D eigenvalue weighted by atomic mass is 35.5. The fraction of sp³-hybridized carbons (Fsp3) is 0.0588. The molecule has 0 fully saturated rings. The van der Waals surface area contributed by atoms with Gasteiger partial charge in [0.15, 0.2) is 0 Å². The minimum atomic E-state index is -3.76. The van der Waals surface area contributed by atoms with E-state index in [0.29, 0.717) is 23.9 Å². The van der Waals surface area contributed by atoms with E-state index in [1.165, 1.54) is 30.6 Å². The van der Waals surface area contributed by atoms with Crippen LogP contribution in [0.1, 0.15) is 5.56 Å². The first kappa shape index (κ1) is 19.0. The van der Waals surface area contributed by atoms with Crippen LogP contribution in [0.15, 0.2) is 59.8 Å². The van der Waals surface area contributed by atoms with Crippen LogP contribution in [0.3, 0.4) is 0 Å². The smallest absolute Gasteiger partial charge is 0.238 e. The standard InChI is InChI=1S/C17H15ClFN5O2S/c18-14-5-4-12(7-15(14)19)24-17-8-16(22-10-23-17)21-9-11-2-1-3-13(6-11)27(20,25)26/h1-8,10H,9H2,(H2,20,25,26)(H2,21,22,23,24). The molecule has 1 heterocycles. The van der Waals surface area contributed by atoms with E-state index in [2.05, 4.69) is 20.6 Å². The van der Waals surface area contributed by atoms with Crippen LogP contribution in [0.25, 0.3) is 0 Å². The summed E-state index contributed by atoms with van der Waals surface area (Å²) in [6.07, 6.45) is 1.34. The predicted octanol–water partition coefficient (Wildman–Crippen LogP) is 3.27. The molecule has 0 saturated heterocycles. The fourth-order valence-electron chi connectivity index (χ4n) is 2.27. The Bertz CT molecular complexity index is 1080. The summed E-state index contributed by atoms with van der Waals surface area (Å²) in [4.78, 5) is 8.21. The summed E-state index contributed by atoms with van der Waals surface area (Å²) >= 11 is 5.66. The molecular weight excluding hydrogens is 393 g/mol. The number of nitrogens with zero attached hydrogens (tertiary/aromatic N) is 2. The van der Waals surface area contributed by atoms with Crippen LogP contribution >= 0.6 is 11.6 Å². The molecule has 0 spiro atoms. The predicted molar refractivity (Wildman–Crippen MR) is 102 cm³/mol. The molecule has 0 atom stereocenters. The van der Waals surface area contributed by atoms with Crippen LogP contribution in [0.4, 0.5) is 21.7 Å². The third-order valence-corrected chi connectivity index (χ3v) is 4.78. The van der Waals surface area contributed by atoms with Crippen LogP contribution in [-0.4, -0.2) is 18.4 Å². The van der Waals surface area contributed by atoms with Gasteiger partial charge in [-0.3, -0.25) is 0 Å². The molecule has 0 radical (unpaired) electrons. The molecule has 0 aliphatic heterocycles. The highest BCUT2D eigenvalue weighted by Gasteiger charge is 2.08. The maximum Gasteiger partial charge on any atom is 0.238 e. The number of halogens is 2. The van der Waals surface area contributed by atoms with Gasteiger partial charge in [-0.25, -0.2) is 27.9 Å². The van der Waals surface area contributed by atoms with Crippen LogP contribution in [0, 0.1) is 5.82 Å². The van der Waals surface area contributed by atoms with Crippen molar-refractivity contribution >= 4 is 38.9 Å². The summed E-state index contributed by atoms with van der Waals surface area (Å²) in [5.74, 6) is 0.416.